The van der Waals surface area contributed by atoms with Crippen LogP contribution in [0.5, 0.6) is 0 Å². The summed E-state index contributed by atoms with van der Waals surface area (Å²) < 4.78 is 78.3. The average Bonchev–Trinajstić information content (AvgIpc) is 2.36. The maximum Gasteiger partial charge on any atom is 0.523 e. The van der Waals surface area contributed by atoms with Crippen molar-refractivity contribution in [2.24, 2.45) is 0 Å². The van der Waals surface area contributed by atoms with E-state index in [0.29, 0.717) is 0 Å². The minimum Gasteiger partial charge on any atom is -0.457 e. The summed E-state index contributed by atoms with van der Waals surface area (Å²) in [5.74, 6) is -2.04. The topological polar surface area (TPSA) is 125 Å². The third-order valence-electron chi connectivity index (χ3n) is 2.87. The van der Waals surface area contributed by atoms with E-state index in [4.69, 9.17) is 9.47 Å². The van der Waals surface area contributed by atoms with Crippen LogP contribution in [-0.4, -0.2) is 61.7 Å². The molecule has 1 unspecified atom stereocenters. The Morgan fingerprint density at radius 2 is 1.50 bits per heavy atom. The van der Waals surface area contributed by atoms with Gasteiger partial charge in [-0.25, -0.2) is 0 Å². The molecule has 0 amide bonds. The van der Waals surface area contributed by atoms with Crippen molar-refractivity contribution in [1.82, 2.24) is 0 Å². The molecule has 5 atom stereocenters. The summed E-state index contributed by atoms with van der Waals surface area (Å²) in [5, 5.41) is 9.71. The summed E-state index contributed by atoms with van der Waals surface area (Å²) in [5.41, 5.74) is -5.78. The molecule has 9 nitrogen and oxygen atoms in total. The van der Waals surface area contributed by atoms with E-state index in [1.54, 1.807) is 0 Å². The predicted molar refractivity (Wildman–Crippen MR) is 67.5 cm³/mol. The van der Waals surface area contributed by atoms with Crippen molar-refractivity contribution < 1.29 is 54.7 Å². The summed E-state index contributed by atoms with van der Waals surface area (Å²) >= 11 is 0. The number of aliphatic hydroxyl groups is 1. The summed E-state index contributed by atoms with van der Waals surface area (Å²) in [6.07, 6.45) is -9.07. The van der Waals surface area contributed by atoms with Gasteiger partial charge < -0.3 is 19.3 Å². The second-order valence-electron chi connectivity index (χ2n) is 4.84. The van der Waals surface area contributed by atoms with Crippen LogP contribution in [0.15, 0.2) is 0 Å². The van der Waals surface area contributed by atoms with Gasteiger partial charge in [-0.3, -0.25) is 13.8 Å². The Kier molecular flexibility index (Phi) is 6.19. The molecule has 0 bridgehead atoms. The van der Waals surface area contributed by atoms with Crippen molar-refractivity contribution in [2.75, 3.05) is 0 Å². The van der Waals surface area contributed by atoms with Gasteiger partial charge in [0.2, 0.25) is 0 Å². The van der Waals surface area contributed by atoms with E-state index in [2.05, 4.69) is 8.92 Å². The zero-order chi connectivity index (χ0) is 18.9. The first kappa shape index (κ1) is 20.6. The second-order valence-corrected chi connectivity index (χ2v) is 6.40. The molecule has 1 heterocycles. The molecule has 1 saturated heterocycles. The van der Waals surface area contributed by atoms with Gasteiger partial charge in [-0.1, -0.05) is 0 Å². The zero-order valence-corrected chi connectivity index (χ0v) is 13.5. The third-order valence-corrected chi connectivity index (χ3v) is 3.91. The van der Waals surface area contributed by atoms with Crippen molar-refractivity contribution in [3.8, 4) is 0 Å². The van der Waals surface area contributed by atoms with E-state index in [9.17, 15) is 36.3 Å². The molecular formula is C11H15F3O9S. The van der Waals surface area contributed by atoms with Crippen molar-refractivity contribution in [3.05, 3.63) is 0 Å². The number of aliphatic hydroxyl groups excluding tert-OH is 1. The van der Waals surface area contributed by atoms with E-state index in [1.807, 2.05) is 0 Å². The van der Waals surface area contributed by atoms with E-state index in [-0.39, 0.29) is 0 Å². The smallest absolute Gasteiger partial charge is 0.457 e. The third kappa shape index (κ3) is 4.78. The molecule has 0 aromatic heterocycles. The molecular weight excluding hydrogens is 365 g/mol. The minimum absolute atomic E-state index is 0.862. The fraction of sp³-hybridized carbons (Fsp3) is 0.818. The normalized spacial score (nSPS) is 31.4. The number of carbonyl (C=O) groups is 2. The van der Waals surface area contributed by atoms with Crippen LogP contribution in [-0.2, 0) is 38.1 Å². The quantitative estimate of drug-likeness (QED) is 0.402. The Morgan fingerprint density at radius 3 is 1.92 bits per heavy atom. The fourth-order valence-electron chi connectivity index (χ4n) is 1.97. The summed E-state index contributed by atoms with van der Waals surface area (Å²) in [6, 6.07) is 0. The lowest BCUT2D eigenvalue weighted by Gasteiger charge is -2.41. The number of halogens is 3. The molecule has 1 aliphatic rings. The van der Waals surface area contributed by atoms with Crippen molar-refractivity contribution in [3.63, 3.8) is 0 Å². The first-order valence-corrected chi connectivity index (χ1v) is 7.84. The molecule has 1 rings (SSSR count). The van der Waals surface area contributed by atoms with Crippen LogP contribution in [0.2, 0.25) is 0 Å². The van der Waals surface area contributed by atoms with E-state index in [0.717, 1.165) is 13.8 Å². The maximum absolute atomic E-state index is 12.5. The Labute approximate surface area is 134 Å². The lowest BCUT2D eigenvalue weighted by atomic mass is 9.99. The van der Waals surface area contributed by atoms with E-state index < -0.39 is 58.3 Å². The van der Waals surface area contributed by atoms with E-state index >= 15 is 0 Å². The van der Waals surface area contributed by atoms with Gasteiger partial charge in [0.1, 0.15) is 0 Å². The Balaban J connectivity index is 3.26. The SMILES string of the molecule is CC(=O)O[C@@H]1[C@@H](OS(=O)(=O)C(F)(F)F)[C@@H](OC(C)=O)C(O)O[C@H]1C. The van der Waals surface area contributed by atoms with Crippen LogP contribution in [0.3, 0.4) is 0 Å². The van der Waals surface area contributed by atoms with Gasteiger partial charge in [0.15, 0.2) is 24.6 Å². The molecule has 0 aliphatic carbocycles. The van der Waals surface area contributed by atoms with E-state index in [1.165, 1.54) is 6.92 Å². The molecule has 0 spiro atoms. The molecule has 0 aromatic carbocycles. The maximum atomic E-state index is 12.5. The van der Waals surface area contributed by atoms with Crippen LogP contribution in [0, 0.1) is 0 Å². The average molecular weight is 380 g/mol. The number of rotatable bonds is 4. The van der Waals surface area contributed by atoms with Crippen LogP contribution >= 0.6 is 0 Å². The first-order chi connectivity index (χ1) is 10.8. The monoisotopic (exact) mass is 380 g/mol. The molecule has 140 valence electrons. The lowest BCUT2D eigenvalue weighted by Crippen LogP contribution is -2.61. The van der Waals surface area contributed by atoms with Crippen LogP contribution < -0.4 is 0 Å². The highest BCUT2D eigenvalue weighted by Gasteiger charge is 2.56. The number of hydrogen-bond donors (Lipinski definition) is 1. The number of ether oxygens (including phenoxy) is 3. The zero-order valence-electron chi connectivity index (χ0n) is 12.6. The summed E-state index contributed by atoms with van der Waals surface area (Å²) in [6.45, 7) is 2.96. The van der Waals surface area contributed by atoms with Gasteiger partial charge in [-0.05, 0) is 6.92 Å². The van der Waals surface area contributed by atoms with Crippen molar-refractivity contribution in [1.29, 1.82) is 0 Å². The lowest BCUT2D eigenvalue weighted by molar-refractivity contribution is -0.281. The van der Waals surface area contributed by atoms with Gasteiger partial charge in [-0.15, -0.1) is 0 Å². The summed E-state index contributed by atoms with van der Waals surface area (Å²) in [4.78, 5) is 22.2. The minimum atomic E-state index is -6.13. The number of hydrogen-bond acceptors (Lipinski definition) is 9. The largest absolute Gasteiger partial charge is 0.523 e. The van der Waals surface area contributed by atoms with Gasteiger partial charge in [0, 0.05) is 13.8 Å². The number of alkyl halides is 3. The van der Waals surface area contributed by atoms with Gasteiger partial charge in [-0.2, -0.15) is 21.6 Å². The number of esters is 2. The highest BCUT2D eigenvalue weighted by molar-refractivity contribution is 7.87. The molecule has 0 saturated carbocycles. The molecule has 1 aliphatic heterocycles. The second kappa shape index (κ2) is 7.21. The first-order valence-electron chi connectivity index (χ1n) is 6.43. The highest BCUT2D eigenvalue weighted by Crippen LogP contribution is 2.33. The Morgan fingerprint density at radius 1 is 1.04 bits per heavy atom. The molecule has 0 radical (unpaired) electrons. The van der Waals surface area contributed by atoms with Gasteiger partial charge in [0.05, 0.1) is 6.10 Å². The van der Waals surface area contributed by atoms with Crippen LogP contribution in [0.4, 0.5) is 13.2 Å². The molecule has 0 aromatic rings. The van der Waals surface area contributed by atoms with Crippen molar-refractivity contribution >= 4 is 22.1 Å². The number of carbonyl (C=O) groups excluding carboxylic acids is 2. The predicted octanol–water partition coefficient (Wildman–Crippen LogP) is -0.178. The molecule has 13 heteroatoms. The summed E-state index contributed by atoms with van der Waals surface area (Å²) in [7, 11) is -6.13. The van der Waals surface area contributed by atoms with Gasteiger partial charge >= 0.3 is 27.6 Å². The van der Waals surface area contributed by atoms with Crippen LogP contribution in [0.25, 0.3) is 0 Å². The highest BCUT2D eigenvalue weighted by atomic mass is 32.2. The standard InChI is InChI=1S/C11H15F3O9S/c1-4-7(21-5(2)15)8(23-24(18,19)11(12,13)14)9(10(17)20-4)22-6(3)16/h4,7-10,17H,1-3H3/t4-,7-,8+,9+,10?/m0/s1. The molecule has 24 heavy (non-hydrogen) atoms. The van der Waals surface area contributed by atoms with Gasteiger partial charge in [0.25, 0.3) is 0 Å². The Hall–Kier alpha value is -1.44. The molecule has 1 fully saturated rings. The van der Waals surface area contributed by atoms with Crippen molar-refractivity contribution in [2.45, 2.75) is 57.0 Å². The fourth-order valence-corrected chi connectivity index (χ4v) is 2.59. The Bertz CT molecular complexity index is 560. The molecule has 1 N–H and O–H groups in total. The van der Waals surface area contributed by atoms with Crippen LogP contribution in [0.1, 0.15) is 20.8 Å².